The van der Waals surface area contributed by atoms with E-state index in [1.807, 2.05) is 6.07 Å². The minimum atomic E-state index is -2.54. The Morgan fingerprint density at radius 3 is 2.75 bits per heavy atom. The number of allylic oxidation sites excluding steroid dienone is 2. The number of pyridine rings is 1. The van der Waals surface area contributed by atoms with Crippen molar-refractivity contribution in [1.82, 2.24) is 15.2 Å². The molecule has 1 amide bonds. The summed E-state index contributed by atoms with van der Waals surface area (Å²) in [5, 5.41) is 3.10. The first-order valence-corrected chi connectivity index (χ1v) is 10.0. The Kier molecular flexibility index (Phi) is 6.16. The first kappa shape index (κ1) is 21.5. The molecule has 4 rings (SSSR count). The van der Waals surface area contributed by atoms with Crippen LogP contribution in [0.2, 0.25) is 0 Å². The number of hydrogen-bond acceptors (Lipinski definition) is 6. The number of benzene rings is 1. The lowest BCUT2D eigenvalue weighted by atomic mass is 10.1. The van der Waals surface area contributed by atoms with Crippen molar-refractivity contribution in [2.24, 2.45) is 0 Å². The summed E-state index contributed by atoms with van der Waals surface area (Å²) in [7, 11) is 0. The fraction of sp³-hybridized carbons (Fsp3) is 0.261. The Bertz CT molecular complexity index is 1100. The Morgan fingerprint density at radius 2 is 2.03 bits per heavy atom. The van der Waals surface area contributed by atoms with Gasteiger partial charge in [0.25, 0.3) is 12.3 Å². The molecule has 1 aromatic heterocycles. The third kappa shape index (κ3) is 4.61. The zero-order valence-electron chi connectivity index (χ0n) is 17.3. The van der Waals surface area contributed by atoms with Gasteiger partial charge >= 0.3 is 5.97 Å². The first-order chi connectivity index (χ1) is 15.4. The van der Waals surface area contributed by atoms with Crippen molar-refractivity contribution < 1.29 is 27.8 Å². The van der Waals surface area contributed by atoms with E-state index < -0.39 is 19.0 Å². The lowest BCUT2D eigenvalue weighted by Crippen LogP contribution is -2.33. The van der Waals surface area contributed by atoms with Gasteiger partial charge in [-0.25, -0.2) is 18.6 Å². The number of nitrogens with zero attached hydrogens (tertiary/aromatic N) is 2. The highest BCUT2D eigenvalue weighted by molar-refractivity contribution is 6.02. The molecule has 0 bridgehead atoms. The number of esters is 1. The summed E-state index contributed by atoms with van der Waals surface area (Å²) in [5.41, 5.74) is 2.49. The first-order valence-electron chi connectivity index (χ1n) is 10.0. The van der Waals surface area contributed by atoms with E-state index in [2.05, 4.69) is 10.3 Å². The second-order valence-electron chi connectivity index (χ2n) is 7.38. The summed E-state index contributed by atoms with van der Waals surface area (Å²) in [4.78, 5) is 31.3. The summed E-state index contributed by atoms with van der Waals surface area (Å²) in [6.45, 7) is 1.84. The van der Waals surface area contributed by atoms with Gasteiger partial charge in [-0.1, -0.05) is 18.2 Å². The molecule has 2 aliphatic rings. The molecule has 7 nitrogen and oxygen atoms in total. The SMILES string of the molecule is CC1=C(OCC(F)F)CNC(CN2Cc3c(ccnc3C(=O)Oc3ccccc3)C2=O)=C1. The van der Waals surface area contributed by atoms with Crippen LogP contribution in [0.15, 0.2) is 65.7 Å². The summed E-state index contributed by atoms with van der Waals surface area (Å²) in [5.74, 6) is -0.0143. The standard InChI is InChI=1S/C23H21F2N3O4/c1-14-9-15(27-10-19(14)31-13-20(24)25)11-28-12-18-17(22(28)29)7-8-26-21(18)23(30)32-16-5-3-2-4-6-16/h2-9,20,27H,10-13H2,1H3. The second kappa shape index (κ2) is 9.17. The summed E-state index contributed by atoms with van der Waals surface area (Å²) < 4.78 is 35.3. The van der Waals surface area contributed by atoms with Crippen molar-refractivity contribution in [3.8, 4) is 5.75 Å². The van der Waals surface area contributed by atoms with Gasteiger partial charge in [0.05, 0.1) is 13.1 Å². The number of dihydropyridines is 1. The highest BCUT2D eigenvalue weighted by atomic mass is 19.3. The molecular weight excluding hydrogens is 420 g/mol. The van der Waals surface area contributed by atoms with E-state index in [-0.39, 0.29) is 31.2 Å². The van der Waals surface area contributed by atoms with Gasteiger partial charge in [-0.3, -0.25) is 4.79 Å². The number of alkyl halides is 2. The fourth-order valence-electron chi connectivity index (χ4n) is 3.60. The molecule has 0 aliphatic carbocycles. The van der Waals surface area contributed by atoms with Crippen LogP contribution in [-0.4, -0.2) is 47.9 Å². The van der Waals surface area contributed by atoms with E-state index in [9.17, 15) is 18.4 Å². The van der Waals surface area contributed by atoms with E-state index in [1.165, 1.54) is 6.20 Å². The molecule has 2 aliphatic heterocycles. The van der Waals surface area contributed by atoms with E-state index in [1.54, 1.807) is 48.2 Å². The topological polar surface area (TPSA) is 80.8 Å². The number of para-hydroxylation sites is 1. The third-order valence-electron chi connectivity index (χ3n) is 5.12. The Labute approximate surface area is 183 Å². The number of carbonyl (C=O) groups is 2. The monoisotopic (exact) mass is 441 g/mol. The third-order valence-corrected chi connectivity index (χ3v) is 5.12. The summed E-state index contributed by atoms with van der Waals surface area (Å²) in [6, 6.07) is 10.2. The Hall–Kier alpha value is -3.75. The number of nitrogens with one attached hydrogen (secondary N) is 1. The number of ether oxygens (including phenoxy) is 2. The van der Waals surface area contributed by atoms with E-state index in [0.29, 0.717) is 22.6 Å². The molecule has 166 valence electrons. The Balaban J connectivity index is 1.47. The zero-order chi connectivity index (χ0) is 22.7. The largest absolute Gasteiger partial charge is 0.490 e. The molecule has 0 saturated carbocycles. The highest BCUT2D eigenvalue weighted by Crippen LogP contribution is 2.27. The van der Waals surface area contributed by atoms with Crippen molar-refractivity contribution in [2.75, 3.05) is 19.7 Å². The van der Waals surface area contributed by atoms with Gasteiger partial charge in [-0.05, 0) is 36.8 Å². The normalized spacial score (nSPS) is 15.4. The van der Waals surface area contributed by atoms with E-state index in [4.69, 9.17) is 9.47 Å². The lowest BCUT2D eigenvalue weighted by molar-refractivity contribution is 0.0461. The number of rotatable bonds is 7. The Morgan fingerprint density at radius 1 is 1.25 bits per heavy atom. The van der Waals surface area contributed by atoms with Crippen LogP contribution < -0.4 is 10.1 Å². The average molecular weight is 441 g/mol. The van der Waals surface area contributed by atoms with Crippen LogP contribution in [0.1, 0.15) is 33.3 Å². The number of fused-ring (bicyclic) bond motifs is 1. The second-order valence-corrected chi connectivity index (χ2v) is 7.38. The predicted molar refractivity (Wildman–Crippen MR) is 111 cm³/mol. The number of hydrogen-bond donors (Lipinski definition) is 1. The van der Waals surface area contributed by atoms with Crippen LogP contribution in [-0.2, 0) is 11.3 Å². The summed E-state index contributed by atoms with van der Waals surface area (Å²) in [6.07, 6.45) is 0.640. The molecular formula is C23H21F2N3O4. The van der Waals surface area contributed by atoms with Crippen LogP contribution >= 0.6 is 0 Å². The molecule has 0 spiro atoms. The molecule has 1 aromatic carbocycles. The van der Waals surface area contributed by atoms with Crippen molar-refractivity contribution in [2.45, 2.75) is 19.9 Å². The molecule has 0 fully saturated rings. The van der Waals surface area contributed by atoms with Crippen molar-refractivity contribution in [3.63, 3.8) is 0 Å². The van der Waals surface area contributed by atoms with E-state index >= 15 is 0 Å². The predicted octanol–water partition coefficient (Wildman–Crippen LogP) is 3.30. The molecule has 0 unspecified atom stereocenters. The molecule has 9 heteroatoms. The van der Waals surface area contributed by atoms with Gasteiger partial charge < -0.3 is 19.7 Å². The van der Waals surface area contributed by atoms with Crippen molar-refractivity contribution in [3.05, 3.63) is 82.5 Å². The molecule has 0 saturated heterocycles. The number of aromatic nitrogens is 1. The average Bonchev–Trinajstić information content (AvgIpc) is 3.09. The molecule has 0 atom stereocenters. The number of carbonyl (C=O) groups excluding carboxylic acids is 2. The van der Waals surface area contributed by atoms with Gasteiger partial charge in [0.1, 0.15) is 18.1 Å². The minimum absolute atomic E-state index is 0.103. The van der Waals surface area contributed by atoms with Gasteiger partial charge in [-0.15, -0.1) is 0 Å². The van der Waals surface area contributed by atoms with Gasteiger partial charge in [0.15, 0.2) is 5.69 Å². The summed E-state index contributed by atoms with van der Waals surface area (Å²) >= 11 is 0. The molecule has 3 heterocycles. The highest BCUT2D eigenvalue weighted by Gasteiger charge is 2.33. The lowest BCUT2D eigenvalue weighted by Gasteiger charge is -2.24. The maximum absolute atomic E-state index is 12.9. The molecule has 1 N–H and O–H groups in total. The minimum Gasteiger partial charge on any atom is -0.490 e. The fourth-order valence-corrected chi connectivity index (χ4v) is 3.60. The van der Waals surface area contributed by atoms with Gasteiger partial charge in [-0.2, -0.15) is 0 Å². The zero-order valence-corrected chi connectivity index (χ0v) is 17.3. The van der Waals surface area contributed by atoms with Gasteiger partial charge in [0, 0.05) is 29.6 Å². The number of amides is 1. The van der Waals surface area contributed by atoms with Crippen molar-refractivity contribution >= 4 is 11.9 Å². The van der Waals surface area contributed by atoms with Crippen LogP contribution in [0.5, 0.6) is 5.75 Å². The molecule has 32 heavy (non-hydrogen) atoms. The van der Waals surface area contributed by atoms with Crippen LogP contribution in [0.25, 0.3) is 0 Å². The van der Waals surface area contributed by atoms with Crippen molar-refractivity contribution in [1.29, 1.82) is 0 Å². The van der Waals surface area contributed by atoms with Gasteiger partial charge in [0.2, 0.25) is 0 Å². The maximum atomic E-state index is 12.9. The molecule has 0 radical (unpaired) electrons. The quantitative estimate of drug-likeness (QED) is 0.525. The van der Waals surface area contributed by atoms with E-state index in [0.717, 1.165) is 11.3 Å². The number of halogens is 2. The maximum Gasteiger partial charge on any atom is 0.362 e. The smallest absolute Gasteiger partial charge is 0.362 e. The van der Waals surface area contributed by atoms with Crippen LogP contribution in [0.3, 0.4) is 0 Å². The molecule has 2 aromatic rings. The van der Waals surface area contributed by atoms with Crippen LogP contribution in [0.4, 0.5) is 8.78 Å². The van der Waals surface area contributed by atoms with Crippen LogP contribution in [0, 0.1) is 0 Å².